The summed E-state index contributed by atoms with van der Waals surface area (Å²) in [6.07, 6.45) is -5.02. The average molecular weight is 393 g/mol. The predicted molar refractivity (Wildman–Crippen MR) is 93.6 cm³/mol. The molecule has 0 unspecified atom stereocenters. The van der Waals surface area contributed by atoms with Crippen LogP contribution in [0.1, 0.15) is 10.4 Å². The molecule has 0 bridgehead atoms. The number of carbonyl (C=O) groups excluding carboxylic acids is 2. The lowest BCUT2D eigenvalue weighted by atomic mass is 10.1. The van der Waals surface area contributed by atoms with Gasteiger partial charge in [0.15, 0.2) is 0 Å². The zero-order chi connectivity index (χ0) is 20.5. The summed E-state index contributed by atoms with van der Waals surface area (Å²) in [6, 6.07) is 9.82. The number of pyridine rings is 1. The summed E-state index contributed by atoms with van der Waals surface area (Å²) in [5.74, 6) is -3.43. The van der Waals surface area contributed by atoms with Crippen LogP contribution < -0.4 is 16.2 Å². The fraction of sp³-hybridized carbons (Fsp3) is 0.0556. The molecule has 3 N–H and O–H groups in total. The molecule has 0 aliphatic heterocycles. The molecule has 0 fully saturated rings. The molecule has 28 heavy (non-hydrogen) atoms. The summed E-state index contributed by atoms with van der Waals surface area (Å²) in [7, 11) is 0. The average Bonchev–Trinajstić information content (AvgIpc) is 2.61. The number of alkyl halides is 3. The number of amides is 2. The van der Waals surface area contributed by atoms with Gasteiger partial charge < -0.3 is 15.6 Å². The number of carbonyl (C=O) groups is 2. The summed E-state index contributed by atoms with van der Waals surface area (Å²) >= 11 is 0. The molecule has 6 nitrogen and oxygen atoms in total. The van der Waals surface area contributed by atoms with E-state index in [0.29, 0.717) is 5.39 Å². The van der Waals surface area contributed by atoms with Crippen LogP contribution >= 0.6 is 0 Å². The van der Waals surface area contributed by atoms with Crippen molar-refractivity contribution in [2.75, 3.05) is 10.6 Å². The molecule has 0 aliphatic carbocycles. The van der Waals surface area contributed by atoms with Gasteiger partial charge in [-0.3, -0.25) is 14.4 Å². The van der Waals surface area contributed by atoms with Crippen LogP contribution in [0.4, 0.5) is 28.9 Å². The van der Waals surface area contributed by atoms with E-state index in [2.05, 4.69) is 10.3 Å². The van der Waals surface area contributed by atoms with Crippen LogP contribution in [0.25, 0.3) is 10.9 Å². The van der Waals surface area contributed by atoms with Crippen molar-refractivity contribution in [3.05, 3.63) is 70.3 Å². The molecular formula is C18H11F4N3O3. The minimum Gasteiger partial charge on any atom is -0.322 e. The SMILES string of the molecule is O=C(Nc1ccc(NC(=O)C(F)(F)F)cc1)c1cc2ccc(F)cc2[nH]c1=O. The number of halogens is 4. The highest BCUT2D eigenvalue weighted by Gasteiger charge is 2.38. The van der Waals surface area contributed by atoms with E-state index in [1.165, 1.54) is 30.3 Å². The van der Waals surface area contributed by atoms with Gasteiger partial charge in [0.25, 0.3) is 11.5 Å². The third-order valence-electron chi connectivity index (χ3n) is 3.71. The molecule has 3 aromatic rings. The van der Waals surface area contributed by atoms with Crippen molar-refractivity contribution in [2.24, 2.45) is 0 Å². The zero-order valence-electron chi connectivity index (χ0n) is 13.9. The summed E-state index contributed by atoms with van der Waals surface area (Å²) in [5.41, 5.74) is -0.663. The van der Waals surface area contributed by atoms with Gasteiger partial charge in [0.2, 0.25) is 0 Å². The highest BCUT2D eigenvalue weighted by Crippen LogP contribution is 2.20. The Morgan fingerprint density at radius 1 is 0.893 bits per heavy atom. The minimum absolute atomic E-state index is 0.120. The molecule has 0 spiro atoms. The van der Waals surface area contributed by atoms with E-state index in [9.17, 15) is 31.9 Å². The third-order valence-corrected chi connectivity index (χ3v) is 3.71. The normalized spacial score (nSPS) is 11.3. The standard InChI is InChI=1S/C18H11F4N3O3/c19-10-2-1-9-7-13(16(27)25-14(9)8-10)15(26)23-11-3-5-12(6-4-11)24-17(28)18(20,21)22/h1-8H,(H,23,26)(H,24,28)(H,25,27). The molecular weight excluding hydrogens is 382 g/mol. The molecule has 1 heterocycles. The van der Waals surface area contributed by atoms with Gasteiger partial charge in [-0.05, 0) is 53.9 Å². The lowest BCUT2D eigenvalue weighted by molar-refractivity contribution is -0.167. The number of benzene rings is 2. The molecule has 2 amide bonds. The van der Waals surface area contributed by atoms with Gasteiger partial charge in [-0.15, -0.1) is 0 Å². The fourth-order valence-corrected chi connectivity index (χ4v) is 2.38. The van der Waals surface area contributed by atoms with Crippen molar-refractivity contribution in [1.82, 2.24) is 4.98 Å². The molecule has 2 aromatic carbocycles. The van der Waals surface area contributed by atoms with Crippen molar-refractivity contribution in [3.8, 4) is 0 Å². The minimum atomic E-state index is -5.02. The number of anilines is 2. The van der Waals surface area contributed by atoms with E-state index < -0.39 is 29.4 Å². The van der Waals surface area contributed by atoms with Gasteiger partial charge in [-0.25, -0.2) is 4.39 Å². The van der Waals surface area contributed by atoms with Gasteiger partial charge >= 0.3 is 12.1 Å². The van der Waals surface area contributed by atoms with Gasteiger partial charge in [0, 0.05) is 11.4 Å². The smallest absolute Gasteiger partial charge is 0.322 e. The number of aromatic nitrogens is 1. The predicted octanol–water partition coefficient (Wildman–Crippen LogP) is 3.42. The molecule has 0 saturated carbocycles. The van der Waals surface area contributed by atoms with E-state index in [0.717, 1.165) is 18.2 Å². The Morgan fingerprint density at radius 2 is 1.50 bits per heavy atom. The quantitative estimate of drug-likeness (QED) is 0.596. The second-order valence-corrected chi connectivity index (χ2v) is 5.73. The van der Waals surface area contributed by atoms with E-state index in [-0.39, 0.29) is 22.5 Å². The Labute approximate surface area is 154 Å². The summed E-state index contributed by atoms with van der Waals surface area (Å²) in [5, 5.41) is 4.52. The van der Waals surface area contributed by atoms with Crippen LogP contribution in [0.2, 0.25) is 0 Å². The maximum atomic E-state index is 13.2. The van der Waals surface area contributed by atoms with Gasteiger partial charge in [-0.2, -0.15) is 13.2 Å². The first-order valence-electron chi connectivity index (χ1n) is 7.76. The van der Waals surface area contributed by atoms with Crippen LogP contribution in [-0.2, 0) is 4.79 Å². The van der Waals surface area contributed by atoms with E-state index in [4.69, 9.17) is 0 Å². The molecule has 144 valence electrons. The van der Waals surface area contributed by atoms with Crippen LogP contribution in [0.3, 0.4) is 0 Å². The Kier molecular flexibility index (Phi) is 4.87. The summed E-state index contributed by atoms with van der Waals surface area (Å²) < 4.78 is 49.9. The second kappa shape index (κ2) is 7.14. The van der Waals surface area contributed by atoms with Crippen LogP contribution in [0, 0.1) is 5.82 Å². The van der Waals surface area contributed by atoms with Gasteiger partial charge in [-0.1, -0.05) is 0 Å². The van der Waals surface area contributed by atoms with E-state index >= 15 is 0 Å². The van der Waals surface area contributed by atoms with E-state index in [1.807, 2.05) is 0 Å². The van der Waals surface area contributed by atoms with Crippen molar-refractivity contribution >= 4 is 34.1 Å². The molecule has 0 saturated heterocycles. The molecule has 10 heteroatoms. The van der Waals surface area contributed by atoms with E-state index in [1.54, 1.807) is 5.32 Å². The first-order chi connectivity index (χ1) is 13.1. The number of nitrogens with one attached hydrogen (secondary N) is 3. The Bertz CT molecular complexity index is 1120. The molecule has 3 rings (SSSR count). The first-order valence-corrected chi connectivity index (χ1v) is 7.76. The first kappa shape index (κ1) is 19.1. The monoisotopic (exact) mass is 393 g/mol. The highest BCUT2D eigenvalue weighted by atomic mass is 19.4. The second-order valence-electron chi connectivity index (χ2n) is 5.73. The zero-order valence-corrected chi connectivity index (χ0v) is 13.9. The number of hydrogen-bond donors (Lipinski definition) is 3. The van der Waals surface area contributed by atoms with Crippen molar-refractivity contribution < 1.29 is 27.2 Å². The maximum absolute atomic E-state index is 13.2. The lowest BCUT2D eigenvalue weighted by Crippen LogP contribution is -2.29. The number of rotatable bonds is 3. The summed E-state index contributed by atoms with van der Waals surface area (Å²) in [6.45, 7) is 0. The largest absolute Gasteiger partial charge is 0.471 e. The fourth-order valence-electron chi connectivity index (χ4n) is 2.38. The van der Waals surface area contributed by atoms with Crippen LogP contribution in [-0.4, -0.2) is 23.0 Å². The number of aromatic amines is 1. The van der Waals surface area contributed by atoms with Gasteiger partial charge in [0.05, 0.1) is 5.52 Å². The van der Waals surface area contributed by atoms with Crippen molar-refractivity contribution in [2.45, 2.75) is 6.18 Å². The van der Waals surface area contributed by atoms with Crippen LogP contribution in [0.15, 0.2) is 53.3 Å². The highest BCUT2D eigenvalue weighted by molar-refractivity contribution is 6.05. The Morgan fingerprint density at radius 3 is 2.11 bits per heavy atom. The Balaban J connectivity index is 1.77. The number of fused-ring (bicyclic) bond motifs is 1. The third kappa shape index (κ3) is 4.17. The van der Waals surface area contributed by atoms with Crippen LogP contribution in [0.5, 0.6) is 0 Å². The molecule has 1 aromatic heterocycles. The number of hydrogen-bond acceptors (Lipinski definition) is 3. The van der Waals surface area contributed by atoms with Gasteiger partial charge in [0.1, 0.15) is 11.4 Å². The maximum Gasteiger partial charge on any atom is 0.471 e. The lowest BCUT2D eigenvalue weighted by Gasteiger charge is -2.09. The number of H-pyrrole nitrogens is 1. The topological polar surface area (TPSA) is 91.1 Å². The van der Waals surface area contributed by atoms with Crippen molar-refractivity contribution in [1.29, 1.82) is 0 Å². The van der Waals surface area contributed by atoms with Crippen molar-refractivity contribution in [3.63, 3.8) is 0 Å². The summed E-state index contributed by atoms with van der Waals surface area (Å²) in [4.78, 5) is 37.6. The molecule has 0 aliphatic rings. The molecule has 0 atom stereocenters. The molecule has 0 radical (unpaired) electrons. The Hall–Kier alpha value is -3.69.